The minimum Gasteiger partial charge on any atom is -0.497 e. The number of aromatic amines is 1. The number of hydrogen-bond acceptors (Lipinski definition) is 7. The van der Waals surface area contributed by atoms with Gasteiger partial charge < -0.3 is 19.7 Å². The lowest BCUT2D eigenvalue weighted by Crippen LogP contribution is -2.45. The molecule has 1 fully saturated rings. The molecule has 0 spiro atoms. The molecule has 3 aromatic rings. The number of methoxy groups -OCH3 is 1. The number of carbonyl (C=O) groups is 1. The minimum absolute atomic E-state index is 0.0247. The van der Waals surface area contributed by atoms with E-state index in [0.717, 1.165) is 30.2 Å². The minimum atomic E-state index is -0.222. The number of benzene rings is 1. The monoisotopic (exact) mass is 454 g/mol. The van der Waals surface area contributed by atoms with Crippen LogP contribution in [0.2, 0.25) is 0 Å². The maximum atomic E-state index is 12.7. The van der Waals surface area contributed by atoms with Crippen molar-refractivity contribution in [2.75, 3.05) is 30.4 Å². The molecule has 10 heteroatoms. The van der Waals surface area contributed by atoms with Crippen molar-refractivity contribution < 1.29 is 14.3 Å². The fourth-order valence-corrected chi connectivity index (χ4v) is 3.98. The first kappa shape index (κ1) is 22.0. The predicted molar refractivity (Wildman–Crippen MR) is 124 cm³/mol. The number of rotatable bonds is 6. The van der Waals surface area contributed by atoms with E-state index in [-0.39, 0.29) is 24.7 Å². The Bertz CT molecular complexity index is 1120. The summed E-state index contributed by atoms with van der Waals surface area (Å²) in [6.07, 6.45) is 1.97. The molecule has 0 aliphatic carbocycles. The first-order valence-electron chi connectivity index (χ1n) is 10.4. The highest BCUT2D eigenvalue weighted by molar-refractivity contribution is 7.71. The van der Waals surface area contributed by atoms with Crippen molar-refractivity contribution in [3.8, 4) is 17.1 Å². The van der Waals surface area contributed by atoms with E-state index in [9.17, 15) is 4.79 Å². The van der Waals surface area contributed by atoms with E-state index in [1.165, 1.54) is 0 Å². The highest BCUT2D eigenvalue weighted by Gasteiger charge is 2.23. The molecule has 0 saturated carbocycles. The molecule has 2 N–H and O–H groups in total. The molecule has 3 heterocycles. The third kappa shape index (κ3) is 4.97. The maximum Gasteiger partial charge on any atom is 0.244 e. The first-order chi connectivity index (χ1) is 15.4. The standard InChI is InChI=1S/C22H26N6O3S/c1-14-11-27(12-15(2)31-14)19-9-6-17(10-23-19)24-20(29)13-28-21(25-26-22(28)32)16-4-7-18(30-3)8-5-16/h4-10,14-15H,11-13H2,1-3H3,(H,24,29)(H,26,32). The van der Waals surface area contributed by atoms with Gasteiger partial charge in [0.05, 0.1) is 31.2 Å². The zero-order chi connectivity index (χ0) is 22.7. The number of nitrogens with one attached hydrogen (secondary N) is 2. The van der Waals surface area contributed by atoms with Crippen LogP contribution in [-0.4, -0.2) is 58.1 Å². The van der Waals surface area contributed by atoms with Crippen molar-refractivity contribution in [1.29, 1.82) is 0 Å². The van der Waals surface area contributed by atoms with Crippen LogP contribution in [0.25, 0.3) is 11.4 Å². The van der Waals surface area contributed by atoms with Gasteiger partial charge in [-0.15, -0.1) is 0 Å². The number of ether oxygens (including phenoxy) is 2. The topological polar surface area (TPSA) is 97.3 Å². The Morgan fingerprint density at radius 2 is 1.94 bits per heavy atom. The SMILES string of the molecule is COc1ccc(-c2n[nH]c(=S)n2CC(=O)Nc2ccc(N3CC(C)OC(C)C3)nc2)cc1. The third-order valence-corrected chi connectivity index (χ3v) is 5.50. The Hall–Kier alpha value is -3.24. The van der Waals surface area contributed by atoms with Gasteiger partial charge in [0.1, 0.15) is 18.1 Å². The van der Waals surface area contributed by atoms with Gasteiger partial charge in [-0.2, -0.15) is 5.10 Å². The summed E-state index contributed by atoms with van der Waals surface area (Å²) in [5, 5.41) is 9.91. The van der Waals surface area contributed by atoms with Crippen LogP contribution in [0.4, 0.5) is 11.5 Å². The molecule has 0 bridgehead atoms. The second-order valence-corrected chi connectivity index (χ2v) is 8.17. The summed E-state index contributed by atoms with van der Waals surface area (Å²) < 4.78 is 13.0. The van der Waals surface area contributed by atoms with E-state index in [1.54, 1.807) is 17.9 Å². The van der Waals surface area contributed by atoms with Crippen LogP contribution in [0.1, 0.15) is 13.8 Å². The van der Waals surface area contributed by atoms with Crippen molar-refractivity contribution in [2.45, 2.75) is 32.6 Å². The zero-order valence-electron chi connectivity index (χ0n) is 18.2. The summed E-state index contributed by atoms with van der Waals surface area (Å²) in [7, 11) is 1.61. The molecular weight excluding hydrogens is 428 g/mol. The van der Waals surface area contributed by atoms with Gasteiger partial charge in [0, 0.05) is 18.7 Å². The molecule has 2 atom stereocenters. The average molecular weight is 455 g/mol. The number of carbonyl (C=O) groups excluding carboxylic acids is 1. The molecule has 1 saturated heterocycles. The smallest absolute Gasteiger partial charge is 0.244 e. The molecule has 32 heavy (non-hydrogen) atoms. The number of nitrogens with zero attached hydrogens (tertiary/aromatic N) is 4. The molecule has 1 aliphatic rings. The number of H-pyrrole nitrogens is 1. The van der Waals surface area contributed by atoms with Gasteiger partial charge in [-0.1, -0.05) is 0 Å². The Kier molecular flexibility index (Phi) is 6.52. The average Bonchev–Trinajstić information content (AvgIpc) is 3.13. The molecule has 2 aromatic heterocycles. The first-order valence-corrected chi connectivity index (χ1v) is 10.8. The quantitative estimate of drug-likeness (QED) is 0.552. The molecule has 1 aromatic carbocycles. The van der Waals surface area contributed by atoms with Crippen LogP contribution in [0.15, 0.2) is 42.6 Å². The van der Waals surface area contributed by atoms with Gasteiger partial charge in [0.2, 0.25) is 5.91 Å². The number of pyridine rings is 1. The van der Waals surface area contributed by atoms with Crippen molar-refractivity contribution >= 4 is 29.6 Å². The van der Waals surface area contributed by atoms with E-state index in [0.29, 0.717) is 16.3 Å². The zero-order valence-corrected chi connectivity index (χ0v) is 19.1. The summed E-state index contributed by atoms with van der Waals surface area (Å²) in [6, 6.07) is 11.2. The van der Waals surface area contributed by atoms with Crippen LogP contribution in [-0.2, 0) is 16.1 Å². The Morgan fingerprint density at radius 1 is 1.22 bits per heavy atom. The van der Waals surface area contributed by atoms with Gasteiger partial charge in [0.25, 0.3) is 0 Å². The lowest BCUT2D eigenvalue weighted by atomic mass is 10.2. The van der Waals surface area contributed by atoms with E-state index in [1.807, 2.05) is 36.4 Å². The second kappa shape index (κ2) is 9.49. The van der Waals surface area contributed by atoms with Gasteiger partial charge in [-0.25, -0.2) is 4.98 Å². The van der Waals surface area contributed by atoms with E-state index >= 15 is 0 Å². The number of aromatic nitrogens is 4. The van der Waals surface area contributed by atoms with Gasteiger partial charge in [-0.05, 0) is 62.5 Å². The van der Waals surface area contributed by atoms with E-state index in [2.05, 4.69) is 39.2 Å². The van der Waals surface area contributed by atoms with Crippen LogP contribution in [0.3, 0.4) is 0 Å². The number of amides is 1. The van der Waals surface area contributed by atoms with Crippen LogP contribution < -0.4 is 15.0 Å². The molecule has 1 aliphatic heterocycles. The van der Waals surface area contributed by atoms with Crippen molar-refractivity contribution in [1.82, 2.24) is 19.7 Å². The lowest BCUT2D eigenvalue weighted by molar-refractivity contribution is -0.116. The fraction of sp³-hybridized carbons (Fsp3) is 0.364. The normalized spacial score (nSPS) is 18.4. The summed E-state index contributed by atoms with van der Waals surface area (Å²) in [6.45, 7) is 5.71. The highest BCUT2D eigenvalue weighted by atomic mass is 32.1. The predicted octanol–water partition coefficient (Wildman–Crippen LogP) is 3.26. The molecule has 4 rings (SSSR count). The van der Waals surface area contributed by atoms with Crippen molar-refractivity contribution in [3.63, 3.8) is 0 Å². The molecule has 1 amide bonds. The van der Waals surface area contributed by atoms with E-state index in [4.69, 9.17) is 21.7 Å². The summed E-state index contributed by atoms with van der Waals surface area (Å²) in [4.78, 5) is 19.4. The summed E-state index contributed by atoms with van der Waals surface area (Å²) in [5.74, 6) is 1.96. The summed E-state index contributed by atoms with van der Waals surface area (Å²) >= 11 is 5.33. The molecule has 168 valence electrons. The van der Waals surface area contributed by atoms with Crippen LogP contribution in [0.5, 0.6) is 5.75 Å². The number of anilines is 2. The third-order valence-electron chi connectivity index (χ3n) is 5.18. The summed E-state index contributed by atoms with van der Waals surface area (Å²) in [5.41, 5.74) is 1.44. The fourth-order valence-electron chi connectivity index (χ4n) is 3.78. The Morgan fingerprint density at radius 3 is 2.56 bits per heavy atom. The van der Waals surface area contributed by atoms with Crippen molar-refractivity contribution in [3.05, 3.63) is 47.4 Å². The molecule has 2 unspecified atom stereocenters. The Balaban J connectivity index is 1.43. The molecule has 9 nitrogen and oxygen atoms in total. The van der Waals surface area contributed by atoms with Gasteiger partial charge >= 0.3 is 0 Å². The van der Waals surface area contributed by atoms with E-state index < -0.39 is 0 Å². The van der Waals surface area contributed by atoms with Crippen molar-refractivity contribution in [2.24, 2.45) is 0 Å². The lowest BCUT2D eigenvalue weighted by Gasteiger charge is -2.36. The van der Waals surface area contributed by atoms with Crippen LogP contribution in [0, 0.1) is 4.77 Å². The van der Waals surface area contributed by atoms with Gasteiger partial charge in [0.15, 0.2) is 10.6 Å². The second-order valence-electron chi connectivity index (χ2n) is 7.78. The Labute approximate surface area is 191 Å². The largest absolute Gasteiger partial charge is 0.497 e. The number of morpholine rings is 1. The maximum absolute atomic E-state index is 12.7. The number of hydrogen-bond donors (Lipinski definition) is 2. The van der Waals surface area contributed by atoms with Crippen LogP contribution >= 0.6 is 12.2 Å². The molecular formula is C22H26N6O3S. The highest BCUT2D eigenvalue weighted by Crippen LogP contribution is 2.22. The molecule has 0 radical (unpaired) electrons. The van der Waals surface area contributed by atoms with Gasteiger partial charge in [-0.3, -0.25) is 14.5 Å².